The van der Waals surface area contributed by atoms with Gasteiger partial charge < -0.3 is 14.6 Å². The molecule has 0 atom stereocenters. The molecule has 22 heavy (non-hydrogen) atoms. The van der Waals surface area contributed by atoms with Crippen LogP contribution >= 0.6 is 0 Å². The molecule has 1 amide bonds. The van der Waals surface area contributed by atoms with Crippen molar-refractivity contribution in [3.8, 4) is 17.1 Å². The lowest BCUT2D eigenvalue weighted by Crippen LogP contribution is -2.29. The Kier molecular flexibility index (Phi) is 5.52. The zero-order chi connectivity index (χ0) is 15.9. The van der Waals surface area contributed by atoms with E-state index in [0.717, 1.165) is 11.3 Å². The van der Waals surface area contributed by atoms with Crippen molar-refractivity contribution in [1.82, 2.24) is 15.5 Å². The van der Waals surface area contributed by atoms with E-state index in [1.807, 2.05) is 38.1 Å². The third-order valence-electron chi connectivity index (χ3n) is 3.04. The van der Waals surface area contributed by atoms with E-state index in [4.69, 9.17) is 9.26 Å². The van der Waals surface area contributed by atoms with Gasteiger partial charge in [0.1, 0.15) is 5.75 Å². The summed E-state index contributed by atoms with van der Waals surface area (Å²) in [6.07, 6.45) is 1.72. The highest BCUT2D eigenvalue weighted by molar-refractivity contribution is 5.76. The number of hydrogen-bond donors (Lipinski definition) is 1. The first kappa shape index (κ1) is 16.0. The Hall–Kier alpha value is -2.37. The van der Waals surface area contributed by atoms with Crippen LogP contribution in [0.5, 0.6) is 5.75 Å². The second-order valence-electron chi connectivity index (χ2n) is 5.32. The minimum Gasteiger partial charge on any atom is -0.497 e. The molecule has 1 aromatic heterocycles. The fraction of sp³-hybridized carbons (Fsp3) is 0.438. The number of amides is 1. The molecule has 0 spiro atoms. The molecule has 0 aliphatic heterocycles. The van der Waals surface area contributed by atoms with E-state index in [0.29, 0.717) is 31.0 Å². The average molecular weight is 303 g/mol. The molecule has 1 N–H and O–H groups in total. The van der Waals surface area contributed by atoms with Gasteiger partial charge in [-0.05, 0) is 32.4 Å². The van der Waals surface area contributed by atoms with Crippen LogP contribution in [0.4, 0.5) is 0 Å². The van der Waals surface area contributed by atoms with Gasteiger partial charge in [-0.25, -0.2) is 0 Å². The number of rotatable bonds is 7. The van der Waals surface area contributed by atoms with E-state index in [-0.39, 0.29) is 11.9 Å². The van der Waals surface area contributed by atoms with Gasteiger partial charge in [-0.1, -0.05) is 17.3 Å². The number of methoxy groups -OCH3 is 1. The third-order valence-corrected chi connectivity index (χ3v) is 3.04. The Morgan fingerprint density at radius 3 is 2.95 bits per heavy atom. The van der Waals surface area contributed by atoms with Gasteiger partial charge in [-0.2, -0.15) is 4.98 Å². The first-order valence-corrected chi connectivity index (χ1v) is 7.35. The number of carbonyl (C=O) groups excluding carboxylic acids is 1. The molecule has 1 heterocycles. The Labute approximate surface area is 129 Å². The van der Waals surface area contributed by atoms with Crippen molar-refractivity contribution in [1.29, 1.82) is 0 Å². The lowest BCUT2D eigenvalue weighted by molar-refractivity contribution is -0.121. The Morgan fingerprint density at radius 2 is 2.23 bits per heavy atom. The van der Waals surface area contributed by atoms with Crippen molar-refractivity contribution < 1.29 is 14.1 Å². The first-order valence-electron chi connectivity index (χ1n) is 7.35. The average Bonchev–Trinajstić information content (AvgIpc) is 2.95. The first-order chi connectivity index (χ1) is 10.6. The summed E-state index contributed by atoms with van der Waals surface area (Å²) in [5.41, 5.74) is 0.840. The number of ether oxygens (including phenoxy) is 1. The molecule has 0 bridgehead atoms. The van der Waals surface area contributed by atoms with Crippen LogP contribution in [0.25, 0.3) is 11.4 Å². The van der Waals surface area contributed by atoms with Crippen LogP contribution in [0.3, 0.4) is 0 Å². The number of carbonyl (C=O) groups is 1. The van der Waals surface area contributed by atoms with Crippen molar-refractivity contribution in [3.63, 3.8) is 0 Å². The molecule has 6 heteroatoms. The molecule has 0 radical (unpaired) electrons. The molecule has 0 unspecified atom stereocenters. The Morgan fingerprint density at radius 1 is 1.41 bits per heavy atom. The largest absolute Gasteiger partial charge is 0.497 e. The van der Waals surface area contributed by atoms with E-state index < -0.39 is 0 Å². The number of nitrogens with one attached hydrogen (secondary N) is 1. The van der Waals surface area contributed by atoms with E-state index in [1.165, 1.54) is 0 Å². The molecule has 0 aliphatic rings. The van der Waals surface area contributed by atoms with Crippen molar-refractivity contribution >= 4 is 5.91 Å². The standard InChI is InChI=1S/C16H21N3O3/c1-11(2)17-14(20)8-5-9-15-18-16(19-22-15)12-6-4-7-13(10-12)21-3/h4,6-7,10-11H,5,8-9H2,1-3H3,(H,17,20). The van der Waals surface area contributed by atoms with Crippen molar-refractivity contribution in [2.24, 2.45) is 0 Å². The quantitative estimate of drug-likeness (QED) is 0.850. The summed E-state index contributed by atoms with van der Waals surface area (Å²) in [6, 6.07) is 7.64. The molecule has 1 aromatic carbocycles. The highest BCUT2D eigenvalue weighted by atomic mass is 16.5. The maximum atomic E-state index is 11.5. The van der Waals surface area contributed by atoms with E-state index in [1.54, 1.807) is 7.11 Å². The summed E-state index contributed by atoms with van der Waals surface area (Å²) in [5, 5.41) is 6.82. The number of aryl methyl sites for hydroxylation is 1. The van der Waals surface area contributed by atoms with Crippen LogP contribution in [0.1, 0.15) is 32.6 Å². The van der Waals surface area contributed by atoms with Crippen LogP contribution in [0, 0.1) is 0 Å². The van der Waals surface area contributed by atoms with E-state index >= 15 is 0 Å². The van der Waals surface area contributed by atoms with Gasteiger partial charge in [0.25, 0.3) is 0 Å². The predicted octanol–water partition coefficient (Wildman–Crippen LogP) is 2.59. The summed E-state index contributed by atoms with van der Waals surface area (Å²) < 4.78 is 10.4. The van der Waals surface area contributed by atoms with Crippen molar-refractivity contribution in [2.75, 3.05) is 7.11 Å². The smallest absolute Gasteiger partial charge is 0.226 e. The third kappa shape index (κ3) is 4.58. The number of benzene rings is 1. The van der Waals surface area contributed by atoms with Crippen LogP contribution < -0.4 is 10.1 Å². The molecule has 6 nitrogen and oxygen atoms in total. The lowest BCUT2D eigenvalue weighted by atomic mass is 10.2. The van der Waals surface area contributed by atoms with Crippen molar-refractivity contribution in [2.45, 2.75) is 39.2 Å². The van der Waals surface area contributed by atoms with Crippen LogP contribution in [-0.4, -0.2) is 29.2 Å². The molecule has 0 aliphatic carbocycles. The molecule has 0 saturated carbocycles. The number of aromatic nitrogens is 2. The zero-order valence-corrected chi connectivity index (χ0v) is 13.1. The summed E-state index contributed by atoms with van der Waals surface area (Å²) >= 11 is 0. The fourth-order valence-electron chi connectivity index (χ4n) is 2.03. The highest BCUT2D eigenvalue weighted by Crippen LogP contribution is 2.21. The second kappa shape index (κ2) is 7.59. The van der Waals surface area contributed by atoms with Crippen LogP contribution in [0.15, 0.2) is 28.8 Å². The van der Waals surface area contributed by atoms with E-state index in [2.05, 4.69) is 15.5 Å². The van der Waals surface area contributed by atoms with Gasteiger partial charge in [0.15, 0.2) is 0 Å². The molecule has 0 fully saturated rings. The number of hydrogen-bond acceptors (Lipinski definition) is 5. The predicted molar refractivity (Wildman–Crippen MR) is 82.5 cm³/mol. The maximum Gasteiger partial charge on any atom is 0.226 e. The van der Waals surface area contributed by atoms with Gasteiger partial charge in [0, 0.05) is 24.4 Å². The maximum absolute atomic E-state index is 11.5. The Balaban J connectivity index is 1.90. The normalized spacial score (nSPS) is 10.7. The molecule has 0 saturated heterocycles. The summed E-state index contributed by atoms with van der Waals surface area (Å²) in [4.78, 5) is 15.9. The van der Waals surface area contributed by atoms with Gasteiger partial charge >= 0.3 is 0 Å². The van der Waals surface area contributed by atoms with Crippen molar-refractivity contribution in [3.05, 3.63) is 30.2 Å². The van der Waals surface area contributed by atoms with Gasteiger partial charge in [-0.15, -0.1) is 0 Å². The SMILES string of the molecule is COc1cccc(-c2noc(CCCC(=O)NC(C)C)n2)c1. The monoisotopic (exact) mass is 303 g/mol. The fourth-order valence-corrected chi connectivity index (χ4v) is 2.03. The summed E-state index contributed by atoms with van der Waals surface area (Å²) in [7, 11) is 1.61. The summed E-state index contributed by atoms with van der Waals surface area (Å²) in [5.74, 6) is 1.85. The molecule has 2 rings (SSSR count). The van der Waals surface area contributed by atoms with Gasteiger partial charge in [-0.3, -0.25) is 4.79 Å². The van der Waals surface area contributed by atoms with Crippen LogP contribution in [0.2, 0.25) is 0 Å². The second-order valence-corrected chi connectivity index (χ2v) is 5.32. The zero-order valence-electron chi connectivity index (χ0n) is 13.1. The lowest BCUT2D eigenvalue weighted by Gasteiger charge is -2.06. The van der Waals surface area contributed by atoms with E-state index in [9.17, 15) is 4.79 Å². The molecule has 118 valence electrons. The van der Waals surface area contributed by atoms with Crippen LogP contribution in [-0.2, 0) is 11.2 Å². The topological polar surface area (TPSA) is 77.2 Å². The molecular formula is C16H21N3O3. The van der Waals surface area contributed by atoms with Gasteiger partial charge in [0.2, 0.25) is 17.6 Å². The Bertz CT molecular complexity index is 623. The summed E-state index contributed by atoms with van der Waals surface area (Å²) in [6.45, 7) is 3.88. The molecule has 2 aromatic rings. The minimum absolute atomic E-state index is 0.0440. The number of nitrogens with zero attached hydrogens (tertiary/aromatic N) is 2. The molecular weight excluding hydrogens is 282 g/mol. The minimum atomic E-state index is 0.0440. The van der Waals surface area contributed by atoms with Gasteiger partial charge in [0.05, 0.1) is 7.11 Å². The highest BCUT2D eigenvalue weighted by Gasteiger charge is 2.10.